The average Bonchev–Trinajstić information content (AvgIpc) is 2.44. The molecule has 2 aromatic heterocycles. The maximum atomic E-state index is 10.7. The minimum Gasteiger partial charge on any atom is -0.477 e. The Labute approximate surface area is 84.2 Å². The summed E-state index contributed by atoms with van der Waals surface area (Å²) in [5.41, 5.74) is 0.820. The van der Waals surface area contributed by atoms with Crippen LogP contribution in [0.15, 0.2) is 11.6 Å². The summed E-state index contributed by atoms with van der Waals surface area (Å²) in [6.45, 7) is 1.70. The van der Waals surface area contributed by atoms with E-state index in [1.807, 2.05) is 5.38 Å². The molecule has 6 heteroatoms. The smallest absolute Gasteiger partial charge is 0.354 e. The monoisotopic (exact) mass is 218 g/mol. The fourth-order valence-corrected chi connectivity index (χ4v) is 1.91. The standard InChI is InChI=1S/C7H6N2O2S.ClH/c1-4-5(6(10)11)9-2-3-12-7(9)8-4;/h2-3H,1H3,(H,10,11);1H. The first kappa shape index (κ1) is 10.0. The third-order valence-corrected chi connectivity index (χ3v) is 2.40. The number of carboxylic acids is 1. The van der Waals surface area contributed by atoms with Gasteiger partial charge < -0.3 is 5.11 Å². The van der Waals surface area contributed by atoms with E-state index < -0.39 is 5.97 Å². The molecule has 4 nitrogen and oxygen atoms in total. The molecule has 0 amide bonds. The van der Waals surface area contributed by atoms with Gasteiger partial charge in [-0.25, -0.2) is 9.78 Å². The summed E-state index contributed by atoms with van der Waals surface area (Å²) in [5.74, 6) is -0.932. The van der Waals surface area contributed by atoms with Crippen molar-refractivity contribution in [1.82, 2.24) is 9.38 Å². The second kappa shape index (κ2) is 3.35. The summed E-state index contributed by atoms with van der Waals surface area (Å²) in [5, 5.41) is 10.6. The maximum absolute atomic E-state index is 10.7. The first-order valence-electron chi connectivity index (χ1n) is 3.35. The number of thiazole rings is 1. The number of hydrogen-bond acceptors (Lipinski definition) is 3. The zero-order valence-electron chi connectivity index (χ0n) is 6.72. The van der Waals surface area contributed by atoms with Crippen molar-refractivity contribution in [1.29, 1.82) is 0 Å². The van der Waals surface area contributed by atoms with Crippen molar-refractivity contribution >= 4 is 34.7 Å². The highest BCUT2D eigenvalue weighted by Gasteiger charge is 2.15. The average molecular weight is 219 g/mol. The molecule has 0 radical (unpaired) electrons. The van der Waals surface area contributed by atoms with E-state index in [2.05, 4.69) is 4.98 Å². The van der Waals surface area contributed by atoms with Gasteiger partial charge in [0.2, 0.25) is 0 Å². The fraction of sp³-hybridized carbons (Fsp3) is 0.143. The van der Waals surface area contributed by atoms with Crippen LogP contribution >= 0.6 is 23.7 Å². The molecular formula is C7H7ClN2O2S. The number of rotatable bonds is 1. The summed E-state index contributed by atoms with van der Waals surface area (Å²) >= 11 is 1.43. The highest BCUT2D eigenvalue weighted by atomic mass is 35.5. The molecule has 0 aliphatic carbocycles. The molecule has 0 fully saturated rings. The van der Waals surface area contributed by atoms with Gasteiger partial charge in [-0.05, 0) is 6.92 Å². The molecule has 0 aromatic carbocycles. The number of aryl methyl sites for hydroxylation is 1. The van der Waals surface area contributed by atoms with Gasteiger partial charge in [0.1, 0.15) is 0 Å². The van der Waals surface area contributed by atoms with Gasteiger partial charge in [0, 0.05) is 11.6 Å². The maximum Gasteiger partial charge on any atom is 0.354 e. The van der Waals surface area contributed by atoms with Crippen LogP contribution in [0.4, 0.5) is 0 Å². The third kappa shape index (κ3) is 1.40. The molecule has 1 N–H and O–H groups in total. The summed E-state index contributed by atoms with van der Waals surface area (Å²) in [4.78, 5) is 15.6. The van der Waals surface area contributed by atoms with E-state index >= 15 is 0 Å². The van der Waals surface area contributed by atoms with Crippen LogP contribution in [0, 0.1) is 6.92 Å². The Morgan fingerprint density at radius 3 is 3.00 bits per heavy atom. The summed E-state index contributed by atoms with van der Waals surface area (Å²) < 4.78 is 1.59. The topological polar surface area (TPSA) is 54.6 Å². The second-order valence-electron chi connectivity index (χ2n) is 2.41. The first-order valence-corrected chi connectivity index (χ1v) is 4.23. The highest BCUT2D eigenvalue weighted by molar-refractivity contribution is 7.15. The number of carbonyl (C=O) groups is 1. The molecule has 70 valence electrons. The predicted molar refractivity (Wildman–Crippen MR) is 52.0 cm³/mol. The Bertz CT molecular complexity index is 448. The van der Waals surface area contributed by atoms with Gasteiger partial charge in [0.25, 0.3) is 0 Å². The number of aromatic nitrogens is 2. The molecule has 0 bridgehead atoms. The van der Waals surface area contributed by atoms with Crippen LogP contribution in [0.25, 0.3) is 4.96 Å². The lowest BCUT2D eigenvalue weighted by molar-refractivity contribution is 0.0688. The molecule has 0 aliphatic heterocycles. The molecule has 0 saturated heterocycles. The number of fused-ring (bicyclic) bond motifs is 1. The van der Waals surface area contributed by atoms with Crippen molar-refractivity contribution in [2.24, 2.45) is 0 Å². The molecule has 2 rings (SSSR count). The van der Waals surface area contributed by atoms with Crippen molar-refractivity contribution in [2.75, 3.05) is 0 Å². The minimum absolute atomic E-state index is 0. The number of nitrogens with zero attached hydrogens (tertiary/aromatic N) is 2. The fourth-order valence-electron chi connectivity index (χ4n) is 1.15. The molecule has 0 aliphatic rings. The van der Waals surface area contributed by atoms with Crippen LogP contribution in [0.3, 0.4) is 0 Å². The van der Waals surface area contributed by atoms with Crippen LogP contribution in [0.1, 0.15) is 16.2 Å². The van der Waals surface area contributed by atoms with Gasteiger partial charge in [0.15, 0.2) is 10.7 Å². The van der Waals surface area contributed by atoms with Gasteiger partial charge >= 0.3 is 5.97 Å². The van der Waals surface area contributed by atoms with E-state index in [1.54, 1.807) is 17.5 Å². The lowest BCUT2D eigenvalue weighted by Crippen LogP contribution is -2.01. The van der Waals surface area contributed by atoms with Gasteiger partial charge in [-0.2, -0.15) is 0 Å². The molecule has 2 heterocycles. The normalized spacial score (nSPS) is 9.92. The lowest BCUT2D eigenvalue weighted by Gasteiger charge is -1.90. The zero-order valence-corrected chi connectivity index (χ0v) is 8.35. The zero-order chi connectivity index (χ0) is 8.72. The molecule has 0 unspecified atom stereocenters. The predicted octanol–water partition coefficient (Wildman–Crippen LogP) is 1.82. The Morgan fingerprint density at radius 1 is 1.69 bits per heavy atom. The summed E-state index contributed by atoms with van der Waals surface area (Å²) in [6.07, 6.45) is 1.71. The van der Waals surface area contributed by atoms with Crippen LogP contribution < -0.4 is 0 Å². The Morgan fingerprint density at radius 2 is 2.38 bits per heavy atom. The largest absolute Gasteiger partial charge is 0.477 e. The molecule has 0 atom stereocenters. The van der Waals surface area contributed by atoms with Crippen molar-refractivity contribution in [2.45, 2.75) is 6.92 Å². The van der Waals surface area contributed by atoms with Gasteiger partial charge in [0.05, 0.1) is 5.69 Å². The number of carboxylic acid groups (broad SMARTS) is 1. The quantitative estimate of drug-likeness (QED) is 0.795. The van der Waals surface area contributed by atoms with Crippen molar-refractivity contribution < 1.29 is 9.90 Å². The van der Waals surface area contributed by atoms with Crippen LogP contribution in [-0.4, -0.2) is 20.5 Å². The van der Waals surface area contributed by atoms with Gasteiger partial charge in [-0.1, -0.05) is 0 Å². The SMILES string of the molecule is Cc1nc2sccn2c1C(=O)O.Cl. The third-order valence-electron chi connectivity index (χ3n) is 1.64. The second-order valence-corrected chi connectivity index (χ2v) is 3.28. The Kier molecular flexibility index (Phi) is 2.58. The number of aromatic carboxylic acids is 1. The Hall–Kier alpha value is -1.07. The molecule has 2 aromatic rings. The van der Waals surface area contributed by atoms with E-state index in [4.69, 9.17) is 5.11 Å². The molecule has 0 saturated carbocycles. The van der Waals surface area contributed by atoms with Crippen molar-refractivity contribution in [3.63, 3.8) is 0 Å². The van der Waals surface area contributed by atoms with E-state index in [-0.39, 0.29) is 18.1 Å². The van der Waals surface area contributed by atoms with Crippen LogP contribution in [-0.2, 0) is 0 Å². The van der Waals surface area contributed by atoms with Crippen LogP contribution in [0.2, 0.25) is 0 Å². The minimum atomic E-state index is -0.932. The first-order chi connectivity index (χ1) is 5.70. The Balaban J connectivity index is 0.000000845. The summed E-state index contributed by atoms with van der Waals surface area (Å²) in [6, 6.07) is 0. The van der Waals surface area contributed by atoms with Gasteiger partial charge in [-0.15, -0.1) is 23.7 Å². The van der Waals surface area contributed by atoms with E-state index in [1.165, 1.54) is 11.3 Å². The van der Waals surface area contributed by atoms with E-state index in [9.17, 15) is 4.79 Å². The summed E-state index contributed by atoms with van der Waals surface area (Å²) in [7, 11) is 0. The number of imidazole rings is 1. The molecule has 13 heavy (non-hydrogen) atoms. The van der Waals surface area contributed by atoms with E-state index in [0.29, 0.717) is 5.69 Å². The van der Waals surface area contributed by atoms with Crippen LogP contribution in [0.5, 0.6) is 0 Å². The van der Waals surface area contributed by atoms with Crippen molar-refractivity contribution in [3.8, 4) is 0 Å². The van der Waals surface area contributed by atoms with Crippen molar-refractivity contribution in [3.05, 3.63) is 23.0 Å². The highest BCUT2D eigenvalue weighted by Crippen LogP contribution is 2.16. The van der Waals surface area contributed by atoms with E-state index in [0.717, 1.165) is 4.96 Å². The molecular weight excluding hydrogens is 212 g/mol. The number of hydrogen-bond donors (Lipinski definition) is 1. The number of halogens is 1. The lowest BCUT2D eigenvalue weighted by atomic mass is 10.3. The van der Waals surface area contributed by atoms with Gasteiger partial charge in [-0.3, -0.25) is 4.40 Å². The molecule has 0 spiro atoms.